The van der Waals surface area contributed by atoms with E-state index in [9.17, 15) is 23.3 Å². The summed E-state index contributed by atoms with van der Waals surface area (Å²) in [6.07, 6.45) is 0. The third-order valence-electron chi connectivity index (χ3n) is 2.54. The van der Waals surface area contributed by atoms with Crippen LogP contribution in [0.15, 0.2) is 41.3 Å². The molecule has 9 heteroatoms. The molecule has 1 aromatic heterocycles. The van der Waals surface area contributed by atoms with Crippen LogP contribution in [0.3, 0.4) is 0 Å². The first-order valence-electron chi connectivity index (χ1n) is 5.68. The minimum atomic E-state index is -4.31. The van der Waals surface area contributed by atoms with Gasteiger partial charge in [0, 0.05) is 10.9 Å². The highest BCUT2D eigenvalue weighted by atomic mass is 32.2. The first-order valence-corrected chi connectivity index (χ1v) is 7.98. The Hall–Kier alpha value is -2.26. The van der Waals surface area contributed by atoms with E-state index in [1.54, 1.807) is 13.0 Å². The smallest absolute Gasteiger partial charge is 0.267 e. The molecule has 1 N–H and O–H groups in total. The number of nitro groups is 1. The number of benzene rings is 1. The molecule has 2 rings (SSSR count). The molecule has 110 valence electrons. The normalized spacial score (nSPS) is 11.1. The van der Waals surface area contributed by atoms with Gasteiger partial charge in [-0.2, -0.15) is 0 Å². The van der Waals surface area contributed by atoms with Crippen molar-refractivity contribution in [2.24, 2.45) is 0 Å². The van der Waals surface area contributed by atoms with E-state index in [1.807, 2.05) is 4.72 Å². The highest BCUT2D eigenvalue weighted by Gasteiger charge is 2.27. The molecule has 0 radical (unpaired) electrons. The van der Waals surface area contributed by atoms with Crippen LogP contribution in [0, 0.1) is 17.0 Å². The van der Waals surface area contributed by atoms with Crippen LogP contribution < -0.4 is 4.72 Å². The lowest BCUT2D eigenvalue weighted by Gasteiger charge is -2.06. The molecule has 1 aromatic carbocycles. The summed E-state index contributed by atoms with van der Waals surface area (Å²) in [6.45, 7) is 1.78. The van der Waals surface area contributed by atoms with E-state index in [4.69, 9.17) is 0 Å². The van der Waals surface area contributed by atoms with Crippen LogP contribution in [-0.2, 0) is 10.0 Å². The lowest BCUT2D eigenvalue weighted by atomic mass is 10.3. The minimum Gasteiger partial charge on any atom is -0.267 e. The molecule has 1 amide bonds. The molecule has 21 heavy (non-hydrogen) atoms. The van der Waals surface area contributed by atoms with Gasteiger partial charge in [-0.3, -0.25) is 14.9 Å². The number of carbonyl (C=O) groups excluding carboxylic acids is 1. The Bertz CT molecular complexity index is 811. The van der Waals surface area contributed by atoms with Crippen LogP contribution in [0.1, 0.15) is 14.5 Å². The lowest BCUT2D eigenvalue weighted by Crippen LogP contribution is -2.30. The Morgan fingerprint density at radius 2 is 1.90 bits per heavy atom. The van der Waals surface area contributed by atoms with Crippen LogP contribution in [0.25, 0.3) is 0 Å². The van der Waals surface area contributed by atoms with Crippen LogP contribution in [0.4, 0.5) is 5.69 Å². The monoisotopic (exact) mass is 326 g/mol. The summed E-state index contributed by atoms with van der Waals surface area (Å²) >= 11 is 1.13. The second-order valence-corrected chi connectivity index (χ2v) is 7.01. The van der Waals surface area contributed by atoms with E-state index in [0.29, 0.717) is 0 Å². The zero-order chi connectivity index (χ0) is 15.6. The van der Waals surface area contributed by atoms with Crippen LogP contribution in [-0.4, -0.2) is 19.2 Å². The maximum Gasteiger partial charge on any atom is 0.289 e. The molecule has 1 heterocycles. The van der Waals surface area contributed by atoms with Gasteiger partial charge in [0.2, 0.25) is 0 Å². The molecule has 0 atom stereocenters. The fraction of sp³-hybridized carbons (Fsp3) is 0.0833. The first-order chi connectivity index (χ1) is 9.81. The average Bonchev–Trinajstić information content (AvgIpc) is 2.85. The number of carbonyl (C=O) groups is 1. The number of rotatable bonds is 4. The van der Waals surface area contributed by atoms with E-state index in [-0.39, 0.29) is 4.88 Å². The van der Waals surface area contributed by atoms with Gasteiger partial charge < -0.3 is 0 Å². The number of hydrogen-bond acceptors (Lipinski definition) is 6. The molecular weight excluding hydrogens is 316 g/mol. The van der Waals surface area contributed by atoms with E-state index in [0.717, 1.165) is 28.3 Å². The Morgan fingerprint density at radius 3 is 2.48 bits per heavy atom. The Balaban J connectivity index is 2.35. The summed E-state index contributed by atoms with van der Waals surface area (Å²) in [5.41, 5.74) is -0.583. The predicted molar refractivity (Wildman–Crippen MR) is 76.8 cm³/mol. The second-order valence-electron chi connectivity index (χ2n) is 4.07. The Labute approximate surface area is 124 Å². The summed E-state index contributed by atoms with van der Waals surface area (Å²) in [5, 5.41) is 10.9. The fourth-order valence-corrected chi connectivity index (χ4v) is 3.59. The van der Waals surface area contributed by atoms with E-state index in [2.05, 4.69) is 0 Å². The standard InChI is InChI=1S/C12H10N2O5S2/c1-8-6-7-10(20-8)12(15)13-21(18,19)11-5-3-2-4-9(11)14(16)17/h2-7H,1H3,(H,13,15). The van der Waals surface area contributed by atoms with Gasteiger partial charge in [0.15, 0.2) is 4.90 Å². The molecule has 0 spiro atoms. The highest BCUT2D eigenvalue weighted by molar-refractivity contribution is 7.90. The molecule has 7 nitrogen and oxygen atoms in total. The summed E-state index contributed by atoms with van der Waals surface area (Å²) in [7, 11) is -4.31. The lowest BCUT2D eigenvalue weighted by molar-refractivity contribution is -0.387. The van der Waals surface area contributed by atoms with Crippen molar-refractivity contribution in [3.63, 3.8) is 0 Å². The van der Waals surface area contributed by atoms with E-state index >= 15 is 0 Å². The SMILES string of the molecule is Cc1ccc(C(=O)NS(=O)(=O)c2ccccc2[N+](=O)[O-])s1. The number of thiophene rings is 1. The molecule has 2 aromatic rings. The molecule has 0 aliphatic carbocycles. The molecule has 0 saturated heterocycles. The molecular formula is C12H10N2O5S2. The number of nitro benzene ring substituents is 1. The minimum absolute atomic E-state index is 0.217. The number of aryl methyl sites for hydroxylation is 1. The Kier molecular flexibility index (Phi) is 4.05. The van der Waals surface area contributed by atoms with Gasteiger partial charge in [-0.15, -0.1) is 11.3 Å². The maximum absolute atomic E-state index is 12.1. The fourth-order valence-electron chi connectivity index (χ4n) is 1.62. The van der Waals surface area contributed by atoms with Gasteiger partial charge in [0.25, 0.3) is 21.6 Å². The van der Waals surface area contributed by atoms with Crippen LogP contribution >= 0.6 is 11.3 Å². The third kappa shape index (κ3) is 3.26. The largest absolute Gasteiger partial charge is 0.289 e. The van der Waals surface area contributed by atoms with Crippen molar-refractivity contribution in [2.75, 3.05) is 0 Å². The molecule has 0 bridgehead atoms. The first kappa shape index (κ1) is 15.1. The topological polar surface area (TPSA) is 106 Å². The van der Waals surface area contributed by atoms with E-state index < -0.39 is 31.4 Å². The number of nitrogens with one attached hydrogen (secondary N) is 1. The average molecular weight is 326 g/mol. The van der Waals surface area contributed by atoms with Crippen molar-refractivity contribution < 1.29 is 18.1 Å². The number of amides is 1. The zero-order valence-electron chi connectivity index (χ0n) is 10.8. The van der Waals surface area contributed by atoms with Crippen molar-refractivity contribution in [1.82, 2.24) is 4.72 Å². The van der Waals surface area contributed by atoms with Gasteiger partial charge in [0.05, 0.1) is 9.80 Å². The molecule has 0 fully saturated rings. The van der Waals surface area contributed by atoms with Gasteiger partial charge in [0.1, 0.15) is 0 Å². The van der Waals surface area contributed by atoms with Gasteiger partial charge in [-0.05, 0) is 25.1 Å². The van der Waals surface area contributed by atoms with Crippen LogP contribution in [0.5, 0.6) is 0 Å². The van der Waals surface area contributed by atoms with Crippen molar-refractivity contribution in [1.29, 1.82) is 0 Å². The van der Waals surface area contributed by atoms with Crippen molar-refractivity contribution in [3.05, 3.63) is 56.3 Å². The van der Waals surface area contributed by atoms with Crippen molar-refractivity contribution in [2.45, 2.75) is 11.8 Å². The summed E-state index contributed by atoms with van der Waals surface area (Å²) in [4.78, 5) is 22.4. The summed E-state index contributed by atoms with van der Waals surface area (Å²) in [6, 6.07) is 8.01. The third-order valence-corrected chi connectivity index (χ3v) is 4.92. The number of para-hydroxylation sites is 1. The second kappa shape index (κ2) is 5.62. The Morgan fingerprint density at radius 1 is 1.24 bits per heavy atom. The van der Waals surface area contributed by atoms with E-state index in [1.165, 1.54) is 18.2 Å². The predicted octanol–water partition coefficient (Wildman–Crippen LogP) is 2.08. The van der Waals surface area contributed by atoms with Crippen molar-refractivity contribution >= 4 is 33.0 Å². The molecule has 0 unspecified atom stereocenters. The number of nitrogens with zero attached hydrogens (tertiary/aromatic N) is 1. The molecule has 0 aliphatic heterocycles. The maximum atomic E-state index is 12.1. The van der Waals surface area contributed by atoms with Gasteiger partial charge in [-0.25, -0.2) is 13.1 Å². The number of hydrogen-bond donors (Lipinski definition) is 1. The summed E-state index contributed by atoms with van der Waals surface area (Å²) in [5.74, 6) is -0.814. The van der Waals surface area contributed by atoms with Crippen LogP contribution in [0.2, 0.25) is 0 Å². The molecule has 0 aliphatic rings. The zero-order valence-corrected chi connectivity index (χ0v) is 12.4. The highest BCUT2D eigenvalue weighted by Crippen LogP contribution is 2.23. The van der Waals surface area contributed by atoms with Crippen molar-refractivity contribution in [3.8, 4) is 0 Å². The van der Waals surface area contributed by atoms with Gasteiger partial charge in [-0.1, -0.05) is 12.1 Å². The number of sulfonamides is 1. The summed E-state index contributed by atoms with van der Waals surface area (Å²) < 4.78 is 26.1. The van der Waals surface area contributed by atoms with Gasteiger partial charge >= 0.3 is 0 Å². The molecule has 0 saturated carbocycles. The quantitative estimate of drug-likeness (QED) is 0.684.